The average Bonchev–Trinajstić information content (AvgIpc) is 2.78. The molecule has 0 aliphatic carbocycles. The summed E-state index contributed by atoms with van der Waals surface area (Å²) in [6.07, 6.45) is 0.427. The first-order valence-electron chi connectivity index (χ1n) is 6.24. The Balaban J connectivity index is 2.27. The number of aliphatic hydroxyl groups excluding tert-OH is 1. The van der Waals surface area contributed by atoms with E-state index in [1.165, 1.54) is 0 Å². The topological polar surface area (TPSA) is 143 Å². The van der Waals surface area contributed by atoms with Crippen molar-refractivity contribution in [2.24, 2.45) is 11.5 Å². The van der Waals surface area contributed by atoms with Gasteiger partial charge in [0.05, 0.1) is 13.2 Å². The third kappa shape index (κ3) is 1.17. The van der Waals surface area contributed by atoms with Crippen molar-refractivity contribution in [1.82, 2.24) is 10.6 Å². The zero-order chi connectivity index (χ0) is 14.0. The van der Waals surface area contributed by atoms with Gasteiger partial charge in [-0.25, -0.2) is 4.58 Å². The van der Waals surface area contributed by atoms with Gasteiger partial charge in [0, 0.05) is 6.42 Å². The lowest BCUT2D eigenvalue weighted by molar-refractivity contribution is -0.943. The molecule has 0 aromatic carbocycles. The van der Waals surface area contributed by atoms with Crippen LogP contribution >= 0.6 is 0 Å². The van der Waals surface area contributed by atoms with Crippen LogP contribution in [0.4, 0.5) is 0 Å². The van der Waals surface area contributed by atoms with Crippen LogP contribution in [0.5, 0.6) is 0 Å². The summed E-state index contributed by atoms with van der Waals surface area (Å²) in [5.74, 6) is 0.343. The normalized spacial score (nSPS) is 44.8. The third-order valence-corrected chi connectivity index (χ3v) is 4.54. The Bertz CT molecular complexity index is 501. The molecule has 19 heavy (non-hydrogen) atoms. The fraction of sp³-hybridized carbons (Fsp3) is 0.800. The lowest BCUT2D eigenvalue weighted by Gasteiger charge is -2.41. The van der Waals surface area contributed by atoms with Crippen molar-refractivity contribution >= 4 is 11.9 Å². The molecule has 9 nitrogen and oxygen atoms in total. The number of guanidine groups is 2. The number of rotatable bonds is 1. The highest BCUT2D eigenvalue weighted by molar-refractivity contribution is 5.78. The van der Waals surface area contributed by atoms with Gasteiger partial charge in [-0.05, 0) is 11.7 Å². The first-order chi connectivity index (χ1) is 8.86. The lowest BCUT2D eigenvalue weighted by atomic mass is 9.81. The molecule has 3 rings (SSSR count). The molecular formula is C10H20N6O3+2. The second kappa shape index (κ2) is 3.42. The van der Waals surface area contributed by atoms with Crippen LogP contribution in [0.3, 0.4) is 0 Å². The Morgan fingerprint density at radius 1 is 1.37 bits per heavy atom. The molecule has 0 bridgehead atoms. The number of nitrogens with one attached hydrogen (secondary N) is 2. The summed E-state index contributed by atoms with van der Waals surface area (Å²) in [4.78, 5) is 0. The number of hydrogen-bond donors (Lipinski definition) is 7. The van der Waals surface area contributed by atoms with Gasteiger partial charge in [0.15, 0.2) is 6.04 Å². The molecule has 9 N–H and O–H groups in total. The molecule has 4 unspecified atom stereocenters. The van der Waals surface area contributed by atoms with Crippen LogP contribution in [0.25, 0.3) is 0 Å². The van der Waals surface area contributed by atoms with Gasteiger partial charge in [-0.15, -0.1) is 0 Å². The van der Waals surface area contributed by atoms with Crippen LogP contribution in [0.1, 0.15) is 13.3 Å². The molecule has 1 saturated heterocycles. The van der Waals surface area contributed by atoms with E-state index in [1.807, 2.05) is 0 Å². The highest BCUT2D eigenvalue weighted by Gasteiger charge is 2.76. The predicted octanol–water partition coefficient (Wildman–Crippen LogP) is -4.18. The highest BCUT2D eigenvalue weighted by Crippen LogP contribution is 2.42. The first-order valence-corrected chi connectivity index (χ1v) is 6.24. The summed E-state index contributed by atoms with van der Waals surface area (Å²) >= 11 is 0. The monoisotopic (exact) mass is 272 g/mol. The second-order valence-electron chi connectivity index (χ2n) is 5.54. The summed E-state index contributed by atoms with van der Waals surface area (Å²) in [6, 6.07) is -0.955. The maximum atomic E-state index is 10.7. The molecule has 0 radical (unpaired) electrons. The highest BCUT2D eigenvalue weighted by atomic mass is 16.5. The van der Waals surface area contributed by atoms with Gasteiger partial charge in [-0.1, -0.05) is 0 Å². The second-order valence-corrected chi connectivity index (χ2v) is 5.54. The van der Waals surface area contributed by atoms with E-state index in [0.717, 1.165) is 4.74 Å². The van der Waals surface area contributed by atoms with Crippen molar-refractivity contribution in [2.75, 3.05) is 13.2 Å². The Morgan fingerprint density at radius 3 is 2.68 bits per heavy atom. The summed E-state index contributed by atoms with van der Waals surface area (Å²) in [5, 5.41) is 36.5. The van der Waals surface area contributed by atoms with Gasteiger partial charge < -0.3 is 15.4 Å². The van der Waals surface area contributed by atoms with Gasteiger partial charge in [-0.3, -0.25) is 22.1 Å². The average molecular weight is 272 g/mol. The molecule has 1 spiro atoms. The minimum atomic E-state index is -1.24. The summed E-state index contributed by atoms with van der Waals surface area (Å²) in [5.41, 5.74) is 9.27. The molecule has 4 atom stereocenters. The third-order valence-electron chi connectivity index (χ3n) is 4.54. The van der Waals surface area contributed by atoms with E-state index in [-0.39, 0.29) is 12.6 Å². The van der Waals surface area contributed by atoms with Gasteiger partial charge in [0.1, 0.15) is 11.6 Å². The Kier molecular flexibility index (Phi) is 2.22. The smallest absolute Gasteiger partial charge is 0.384 e. The van der Waals surface area contributed by atoms with E-state index in [9.17, 15) is 15.4 Å². The van der Waals surface area contributed by atoms with Crippen LogP contribution < -0.4 is 22.1 Å². The van der Waals surface area contributed by atoms with Crippen LogP contribution in [0.15, 0.2) is 0 Å². The maximum Gasteiger partial charge on any atom is 0.384 e. The van der Waals surface area contributed by atoms with E-state index in [2.05, 4.69) is 10.6 Å². The number of hydrogen-bond acceptors (Lipinski definition) is 7. The minimum Gasteiger partial charge on any atom is -0.393 e. The molecule has 9 heteroatoms. The van der Waals surface area contributed by atoms with Gasteiger partial charge in [-0.2, -0.15) is 0 Å². The Morgan fingerprint density at radius 2 is 2.05 bits per heavy atom. The number of nitrogens with zero attached hydrogens (tertiary/aromatic N) is 2. The zero-order valence-corrected chi connectivity index (χ0v) is 10.7. The molecule has 3 aliphatic heterocycles. The molecule has 3 aliphatic rings. The molecule has 0 aromatic rings. The lowest BCUT2D eigenvalue weighted by Crippen LogP contribution is -2.77. The molecule has 1 fully saturated rings. The van der Waals surface area contributed by atoms with Crippen LogP contribution in [-0.4, -0.2) is 73.2 Å². The van der Waals surface area contributed by atoms with Gasteiger partial charge >= 0.3 is 17.6 Å². The molecule has 0 saturated carbocycles. The molecule has 0 aromatic heterocycles. The first kappa shape index (κ1) is 12.3. The van der Waals surface area contributed by atoms with E-state index >= 15 is 0 Å². The van der Waals surface area contributed by atoms with Crippen molar-refractivity contribution in [1.29, 1.82) is 0 Å². The molecule has 3 heterocycles. The van der Waals surface area contributed by atoms with Crippen molar-refractivity contribution < 1.29 is 24.7 Å². The maximum absolute atomic E-state index is 10.7. The summed E-state index contributed by atoms with van der Waals surface area (Å²) < 4.78 is 2.53. The van der Waals surface area contributed by atoms with E-state index in [1.54, 1.807) is 11.5 Å². The SMILES string of the molecule is CC1(O)CC[N+]2=C(N)NC(CO)C3NC(N)=[N+](O)C321. The van der Waals surface area contributed by atoms with Crippen LogP contribution in [0, 0.1) is 0 Å². The fourth-order valence-electron chi connectivity index (χ4n) is 3.64. The van der Waals surface area contributed by atoms with E-state index < -0.39 is 23.3 Å². The van der Waals surface area contributed by atoms with Gasteiger partial charge in [0.25, 0.3) is 0 Å². The van der Waals surface area contributed by atoms with Crippen molar-refractivity contribution in [2.45, 2.75) is 36.7 Å². The van der Waals surface area contributed by atoms with E-state index in [0.29, 0.717) is 18.9 Å². The fourth-order valence-corrected chi connectivity index (χ4v) is 3.64. The predicted molar refractivity (Wildman–Crippen MR) is 64.5 cm³/mol. The quantitative estimate of drug-likeness (QED) is 0.189. The summed E-state index contributed by atoms with van der Waals surface area (Å²) in [6.45, 7) is 1.91. The Hall–Kier alpha value is -1.74. The van der Waals surface area contributed by atoms with Crippen molar-refractivity contribution in [3.8, 4) is 0 Å². The van der Waals surface area contributed by atoms with E-state index in [4.69, 9.17) is 11.5 Å². The standard InChI is InChI=1S/C10H18N6O3/c1-9(18)2-3-15-7(11)13-5(4-17)6-10(9,15)16(19)8(12)14-6/h5-6,17-19H,2-4H2,1H3,(H4,11,12,13,14)/p+2. The molecular weight excluding hydrogens is 252 g/mol. The van der Waals surface area contributed by atoms with Crippen molar-refractivity contribution in [3.05, 3.63) is 0 Å². The number of nitrogens with two attached hydrogens (primary N) is 2. The van der Waals surface area contributed by atoms with Crippen LogP contribution in [-0.2, 0) is 0 Å². The Labute approximate surface area is 109 Å². The molecule has 0 amide bonds. The van der Waals surface area contributed by atoms with Crippen molar-refractivity contribution in [3.63, 3.8) is 0 Å². The summed E-state index contributed by atoms with van der Waals surface area (Å²) in [7, 11) is 0. The minimum absolute atomic E-state index is 0.0344. The molecule has 106 valence electrons. The number of aliphatic hydroxyl groups is 2. The van der Waals surface area contributed by atoms with Crippen LogP contribution in [0.2, 0.25) is 0 Å². The zero-order valence-electron chi connectivity index (χ0n) is 10.7. The number of hydroxylamine groups is 1. The van der Waals surface area contributed by atoms with Gasteiger partial charge in [0.2, 0.25) is 0 Å². The largest absolute Gasteiger partial charge is 0.393 e.